The molecule has 2 N–H and O–H groups in total. The van der Waals surface area contributed by atoms with Crippen LogP contribution >= 0.6 is 0 Å². The number of rotatable bonds is 14. The summed E-state index contributed by atoms with van der Waals surface area (Å²) in [5.41, 5.74) is 9.31. The second kappa shape index (κ2) is 15.1. The zero-order valence-corrected chi connectivity index (χ0v) is 20.9. The number of hydrazone groups is 2. The molecular formula is C27H34N6O2. The van der Waals surface area contributed by atoms with Crippen molar-refractivity contribution in [2.75, 3.05) is 23.9 Å². The van der Waals surface area contributed by atoms with Gasteiger partial charge in [-0.25, -0.2) is 0 Å². The largest absolute Gasteiger partial charge is 0.293 e. The van der Waals surface area contributed by atoms with Crippen molar-refractivity contribution in [2.45, 2.75) is 47.0 Å². The van der Waals surface area contributed by atoms with E-state index in [0.717, 1.165) is 30.6 Å². The van der Waals surface area contributed by atoms with Gasteiger partial charge in [0.2, 0.25) is 0 Å². The molecule has 0 aliphatic heterocycles. The van der Waals surface area contributed by atoms with Gasteiger partial charge in [0.05, 0.1) is 22.8 Å². The molecular weight excluding hydrogens is 440 g/mol. The predicted molar refractivity (Wildman–Crippen MR) is 146 cm³/mol. The van der Waals surface area contributed by atoms with Gasteiger partial charge in [-0.05, 0) is 57.4 Å². The number of nitrogens with one attached hydrogen (secondary N) is 2. The first-order valence-electron chi connectivity index (χ1n) is 11.7. The molecule has 2 rings (SSSR count). The average Bonchev–Trinajstić information content (AvgIpc) is 2.84. The maximum atomic E-state index is 12.0. The standard InChI is InChI=1S/C27H34N6O2/c1-20(26(22(3)34)32-30-24-14-8-5-9-15-24)28-18-12-7-13-19-29-21(2)27(23(4)35)33-31-25-16-10-6-11-17-25/h5-6,8-11,14-17,30-31H,7,12-13,18-19H2,1-4H3/b28-20?,29-21?,32-26-,33-27-. The SMILES string of the molecule is CC(=O)/C(=N\Nc1ccccc1)C(C)=NCCCCCN=C(C)/C(=N/Nc1ccccc1)C(C)=O. The molecule has 0 atom stereocenters. The molecule has 0 saturated carbocycles. The van der Waals surface area contributed by atoms with E-state index in [9.17, 15) is 9.59 Å². The van der Waals surface area contributed by atoms with Crippen LogP contribution in [0.3, 0.4) is 0 Å². The predicted octanol–water partition coefficient (Wildman–Crippen LogP) is 5.19. The molecule has 184 valence electrons. The van der Waals surface area contributed by atoms with Gasteiger partial charge in [-0.1, -0.05) is 36.4 Å². The van der Waals surface area contributed by atoms with Gasteiger partial charge in [0, 0.05) is 26.9 Å². The minimum Gasteiger partial charge on any atom is -0.293 e. The van der Waals surface area contributed by atoms with E-state index in [1.54, 1.807) is 13.8 Å². The fraction of sp³-hybridized carbons (Fsp3) is 0.333. The third kappa shape index (κ3) is 10.2. The number of unbranched alkanes of at least 4 members (excludes halogenated alkanes) is 2. The van der Waals surface area contributed by atoms with Crippen LogP contribution in [0, 0.1) is 0 Å². The van der Waals surface area contributed by atoms with E-state index in [-0.39, 0.29) is 11.6 Å². The number of para-hydroxylation sites is 2. The number of hydrogen-bond acceptors (Lipinski definition) is 8. The van der Waals surface area contributed by atoms with E-state index in [4.69, 9.17) is 0 Å². The summed E-state index contributed by atoms with van der Waals surface area (Å²) in [5.74, 6) is -0.270. The summed E-state index contributed by atoms with van der Waals surface area (Å²) in [7, 11) is 0. The normalized spacial score (nSPS) is 12.9. The van der Waals surface area contributed by atoms with Crippen molar-refractivity contribution >= 4 is 45.8 Å². The molecule has 0 amide bonds. The first kappa shape index (κ1) is 27.3. The highest BCUT2D eigenvalue weighted by molar-refractivity contribution is 6.67. The maximum Gasteiger partial charge on any atom is 0.181 e. The number of nitrogens with zero attached hydrogens (tertiary/aromatic N) is 4. The molecule has 0 spiro atoms. The van der Waals surface area contributed by atoms with Crippen LogP contribution in [0.1, 0.15) is 47.0 Å². The fourth-order valence-electron chi connectivity index (χ4n) is 3.14. The van der Waals surface area contributed by atoms with Crippen molar-refractivity contribution in [3.8, 4) is 0 Å². The van der Waals surface area contributed by atoms with Crippen LogP contribution in [0.4, 0.5) is 11.4 Å². The highest BCUT2D eigenvalue weighted by Gasteiger charge is 2.11. The topological polar surface area (TPSA) is 108 Å². The van der Waals surface area contributed by atoms with Crippen LogP contribution in [0.2, 0.25) is 0 Å². The van der Waals surface area contributed by atoms with E-state index in [0.29, 0.717) is 35.9 Å². The van der Waals surface area contributed by atoms with Gasteiger partial charge in [0.15, 0.2) is 11.6 Å². The van der Waals surface area contributed by atoms with E-state index in [1.807, 2.05) is 60.7 Å². The summed E-state index contributed by atoms with van der Waals surface area (Å²) in [4.78, 5) is 33.0. The zero-order valence-electron chi connectivity index (χ0n) is 20.9. The van der Waals surface area contributed by atoms with Crippen molar-refractivity contribution in [1.29, 1.82) is 0 Å². The van der Waals surface area contributed by atoms with Gasteiger partial charge < -0.3 is 0 Å². The molecule has 0 aliphatic carbocycles. The molecule has 0 bridgehead atoms. The minimum atomic E-state index is -0.135. The van der Waals surface area contributed by atoms with Gasteiger partial charge in [-0.2, -0.15) is 10.2 Å². The first-order chi connectivity index (χ1) is 16.9. The Kier molecular flexibility index (Phi) is 11.7. The molecule has 2 aromatic carbocycles. The van der Waals surface area contributed by atoms with E-state index < -0.39 is 0 Å². The van der Waals surface area contributed by atoms with Crippen LogP contribution in [-0.2, 0) is 9.59 Å². The molecule has 8 nitrogen and oxygen atoms in total. The van der Waals surface area contributed by atoms with E-state index in [1.165, 1.54) is 13.8 Å². The lowest BCUT2D eigenvalue weighted by molar-refractivity contribution is -0.111. The molecule has 35 heavy (non-hydrogen) atoms. The third-order valence-electron chi connectivity index (χ3n) is 5.01. The van der Waals surface area contributed by atoms with Gasteiger partial charge in [-0.15, -0.1) is 0 Å². The second-order valence-electron chi connectivity index (χ2n) is 7.98. The van der Waals surface area contributed by atoms with Crippen molar-refractivity contribution in [3.05, 3.63) is 60.7 Å². The van der Waals surface area contributed by atoms with Crippen LogP contribution in [-0.4, -0.2) is 47.5 Å². The minimum absolute atomic E-state index is 0.135. The monoisotopic (exact) mass is 474 g/mol. The lowest BCUT2D eigenvalue weighted by Crippen LogP contribution is -2.21. The van der Waals surface area contributed by atoms with Crippen molar-refractivity contribution in [1.82, 2.24) is 0 Å². The number of carbonyl (C=O) groups excluding carboxylic acids is 2. The number of hydrogen-bond donors (Lipinski definition) is 2. The second-order valence-corrected chi connectivity index (χ2v) is 7.98. The Bertz CT molecular complexity index is 1000. The Balaban J connectivity index is 1.80. The van der Waals surface area contributed by atoms with Crippen molar-refractivity contribution in [3.63, 3.8) is 0 Å². The Morgan fingerprint density at radius 3 is 1.31 bits per heavy atom. The maximum absolute atomic E-state index is 12.0. The highest BCUT2D eigenvalue weighted by atomic mass is 16.1. The fourth-order valence-corrected chi connectivity index (χ4v) is 3.14. The summed E-state index contributed by atoms with van der Waals surface area (Å²) < 4.78 is 0. The van der Waals surface area contributed by atoms with Crippen molar-refractivity contribution < 1.29 is 9.59 Å². The Hall–Kier alpha value is -3.94. The van der Waals surface area contributed by atoms with Crippen LogP contribution in [0.15, 0.2) is 80.9 Å². The molecule has 0 heterocycles. The average molecular weight is 475 g/mol. The van der Waals surface area contributed by atoms with Crippen LogP contribution in [0.25, 0.3) is 0 Å². The number of aliphatic imine (C=N–C) groups is 2. The van der Waals surface area contributed by atoms with Crippen molar-refractivity contribution in [2.24, 2.45) is 20.2 Å². The third-order valence-corrected chi connectivity index (χ3v) is 5.01. The molecule has 2 aromatic rings. The zero-order chi connectivity index (χ0) is 25.5. The van der Waals surface area contributed by atoms with E-state index >= 15 is 0 Å². The van der Waals surface area contributed by atoms with Crippen LogP contribution < -0.4 is 10.9 Å². The molecule has 0 unspecified atom stereocenters. The number of ketones is 2. The van der Waals surface area contributed by atoms with Gasteiger partial charge in [0.25, 0.3) is 0 Å². The smallest absolute Gasteiger partial charge is 0.181 e. The summed E-state index contributed by atoms with van der Waals surface area (Å²) in [6, 6.07) is 18.9. The molecule has 0 fully saturated rings. The Morgan fingerprint density at radius 1 is 0.600 bits per heavy atom. The first-order valence-corrected chi connectivity index (χ1v) is 11.7. The quantitative estimate of drug-likeness (QED) is 0.223. The lowest BCUT2D eigenvalue weighted by atomic mass is 10.1. The highest BCUT2D eigenvalue weighted by Crippen LogP contribution is 2.06. The van der Waals surface area contributed by atoms with Crippen LogP contribution in [0.5, 0.6) is 0 Å². The number of anilines is 2. The van der Waals surface area contributed by atoms with Gasteiger partial charge >= 0.3 is 0 Å². The van der Waals surface area contributed by atoms with E-state index in [2.05, 4.69) is 31.0 Å². The van der Waals surface area contributed by atoms with Gasteiger partial charge in [-0.3, -0.25) is 30.4 Å². The van der Waals surface area contributed by atoms with Gasteiger partial charge in [0.1, 0.15) is 11.4 Å². The number of Topliss-reactive ketones (excluding diaryl/α,β-unsaturated/α-hetero) is 2. The molecule has 0 aromatic heterocycles. The summed E-state index contributed by atoms with van der Waals surface area (Å²) in [6.07, 6.45) is 2.66. The molecule has 8 heteroatoms. The molecule has 0 radical (unpaired) electrons. The molecule has 0 saturated heterocycles. The number of benzene rings is 2. The number of carbonyl (C=O) groups is 2. The summed E-state index contributed by atoms with van der Waals surface area (Å²) >= 11 is 0. The molecule has 0 aliphatic rings. The lowest BCUT2D eigenvalue weighted by Gasteiger charge is -2.06. The summed E-state index contributed by atoms with van der Waals surface area (Å²) in [6.45, 7) is 7.78. The Labute approximate surface area is 207 Å². The summed E-state index contributed by atoms with van der Waals surface area (Å²) in [5, 5.41) is 8.46. The Morgan fingerprint density at radius 2 is 0.971 bits per heavy atom.